The number of pyridine rings is 1. The van der Waals surface area contributed by atoms with Gasteiger partial charge >= 0.3 is 0 Å². The molecule has 1 heterocycles. The van der Waals surface area contributed by atoms with Crippen LogP contribution in [-0.2, 0) is 11.4 Å². The van der Waals surface area contributed by atoms with Crippen LogP contribution in [0.15, 0.2) is 22.9 Å². The number of hydrogen-bond acceptors (Lipinski definition) is 3. The fourth-order valence-corrected chi connectivity index (χ4v) is 0.976. The highest BCUT2D eigenvalue weighted by Crippen LogP contribution is 2.14. The Bertz CT molecular complexity index is 221. The molecule has 0 aliphatic rings. The number of nitrogens with zero attached hydrogens (tertiary/aromatic N) is 1. The van der Waals surface area contributed by atoms with E-state index in [1.807, 2.05) is 6.07 Å². The smallest absolute Gasteiger partial charge is 0.0942 e. The molecular weight excluding hydrogens is 231 g/mol. The Hall–Kier alpha value is -0.160. The van der Waals surface area contributed by atoms with Gasteiger partial charge < -0.3 is 0 Å². The molecule has 62 valence electrons. The van der Waals surface area contributed by atoms with Crippen molar-refractivity contribution in [1.29, 1.82) is 0 Å². The van der Waals surface area contributed by atoms with Crippen LogP contribution in [0, 0.1) is 0 Å². The van der Waals surface area contributed by atoms with Gasteiger partial charge in [-0.25, -0.2) is 5.90 Å². The molecule has 0 saturated heterocycles. The van der Waals surface area contributed by atoms with Crippen molar-refractivity contribution in [3.63, 3.8) is 0 Å². The van der Waals surface area contributed by atoms with Crippen molar-refractivity contribution >= 4 is 28.3 Å². The molecular formula is C6H8BrClN2O. The second kappa shape index (κ2) is 5.49. The van der Waals surface area contributed by atoms with Crippen molar-refractivity contribution < 1.29 is 4.84 Å². The number of rotatable bonds is 2. The van der Waals surface area contributed by atoms with E-state index in [9.17, 15) is 0 Å². The molecule has 0 fully saturated rings. The predicted molar refractivity (Wildman–Crippen MR) is 48.2 cm³/mol. The summed E-state index contributed by atoms with van der Waals surface area (Å²) in [6.07, 6.45) is 3.40. The maximum atomic E-state index is 4.89. The van der Waals surface area contributed by atoms with Crippen LogP contribution in [-0.4, -0.2) is 4.98 Å². The van der Waals surface area contributed by atoms with Crippen LogP contribution < -0.4 is 5.90 Å². The highest BCUT2D eigenvalue weighted by Gasteiger charge is 1.96. The molecule has 0 aliphatic carbocycles. The second-order valence-corrected chi connectivity index (χ2v) is 2.63. The summed E-state index contributed by atoms with van der Waals surface area (Å²) < 4.78 is 0.917. The van der Waals surface area contributed by atoms with Crippen LogP contribution in [0.1, 0.15) is 5.56 Å². The molecule has 0 bridgehead atoms. The SMILES string of the molecule is Cl.NOCc1ccncc1Br. The van der Waals surface area contributed by atoms with Crippen LogP contribution in [0.3, 0.4) is 0 Å². The van der Waals surface area contributed by atoms with Gasteiger partial charge in [0.1, 0.15) is 0 Å². The van der Waals surface area contributed by atoms with Gasteiger partial charge in [-0.1, -0.05) is 0 Å². The third-order valence-corrected chi connectivity index (χ3v) is 1.81. The molecule has 0 amide bonds. The summed E-state index contributed by atoms with van der Waals surface area (Å²) in [5, 5.41) is 0. The Labute approximate surface area is 79.4 Å². The van der Waals surface area contributed by atoms with Gasteiger partial charge in [-0.2, -0.15) is 0 Å². The molecule has 5 heteroatoms. The van der Waals surface area contributed by atoms with E-state index in [2.05, 4.69) is 25.8 Å². The zero-order valence-electron chi connectivity index (χ0n) is 5.66. The summed E-state index contributed by atoms with van der Waals surface area (Å²) >= 11 is 3.30. The molecule has 0 spiro atoms. The summed E-state index contributed by atoms with van der Waals surface area (Å²) in [5.74, 6) is 4.89. The molecule has 0 atom stereocenters. The first-order chi connectivity index (χ1) is 4.84. The fourth-order valence-electron chi connectivity index (χ4n) is 0.611. The molecule has 3 nitrogen and oxygen atoms in total. The molecule has 11 heavy (non-hydrogen) atoms. The lowest BCUT2D eigenvalue weighted by Crippen LogP contribution is -1.99. The van der Waals surface area contributed by atoms with Crippen LogP contribution in [0.4, 0.5) is 0 Å². The number of nitrogens with two attached hydrogens (primary N) is 1. The Morgan fingerprint density at radius 1 is 1.64 bits per heavy atom. The van der Waals surface area contributed by atoms with Crippen molar-refractivity contribution in [1.82, 2.24) is 4.98 Å². The third-order valence-electron chi connectivity index (χ3n) is 1.10. The summed E-state index contributed by atoms with van der Waals surface area (Å²) in [4.78, 5) is 8.33. The minimum Gasteiger partial charge on any atom is -0.300 e. The van der Waals surface area contributed by atoms with E-state index in [0.717, 1.165) is 10.0 Å². The Balaban J connectivity index is 0.000001000. The minimum atomic E-state index is 0. The quantitative estimate of drug-likeness (QED) is 0.799. The second-order valence-electron chi connectivity index (χ2n) is 1.78. The molecule has 0 aromatic carbocycles. The Morgan fingerprint density at radius 2 is 2.36 bits per heavy atom. The largest absolute Gasteiger partial charge is 0.300 e. The standard InChI is InChI=1S/C6H7BrN2O.ClH/c7-6-3-9-2-1-5(6)4-10-8;/h1-3H,4,8H2;1H. The van der Waals surface area contributed by atoms with Crippen molar-refractivity contribution in [2.24, 2.45) is 5.90 Å². The van der Waals surface area contributed by atoms with E-state index in [1.54, 1.807) is 12.4 Å². The summed E-state index contributed by atoms with van der Waals surface area (Å²) in [6, 6.07) is 1.84. The summed E-state index contributed by atoms with van der Waals surface area (Å²) in [5.41, 5.74) is 0.998. The molecule has 0 aliphatic heterocycles. The maximum absolute atomic E-state index is 4.89. The van der Waals surface area contributed by atoms with E-state index in [4.69, 9.17) is 5.90 Å². The minimum absolute atomic E-state index is 0. The van der Waals surface area contributed by atoms with Gasteiger partial charge in [0.25, 0.3) is 0 Å². The lowest BCUT2D eigenvalue weighted by molar-refractivity contribution is 0.123. The van der Waals surface area contributed by atoms with Gasteiger partial charge in [0.15, 0.2) is 0 Å². The van der Waals surface area contributed by atoms with Gasteiger partial charge in [-0.15, -0.1) is 12.4 Å². The van der Waals surface area contributed by atoms with Crippen molar-refractivity contribution in [3.05, 3.63) is 28.5 Å². The van der Waals surface area contributed by atoms with Crippen LogP contribution >= 0.6 is 28.3 Å². The van der Waals surface area contributed by atoms with Gasteiger partial charge in [0, 0.05) is 16.9 Å². The van der Waals surface area contributed by atoms with Crippen LogP contribution in [0.25, 0.3) is 0 Å². The normalized spacial score (nSPS) is 8.91. The third kappa shape index (κ3) is 3.16. The number of halogens is 2. The lowest BCUT2D eigenvalue weighted by Gasteiger charge is -1.99. The van der Waals surface area contributed by atoms with Gasteiger partial charge in [0.2, 0.25) is 0 Å². The van der Waals surface area contributed by atoms with Crippen molar-refractivity contribution in [2.45, 2.75) is 6.61 Å². The molecule has 1 rings (SSSR count). The first-order valence-corrected chi connectivity index (χ1v) is 3.54. The predicted octanol–water partition coefficient (Wildman–Crippen LogP) is 1.66. The molecule has 0 unspecified atom stereocenters. The zero-order chi connectivity index (χ0) is 7.40. The fraction of sp³-hybridized carbons (Fsp3) is 0.167. The topological polar surface area (TPSA) is 48.1 Å². The van der Waals surface area contributed by atoms with Crippen LogP contribution in [0.5, 0.6) is 0 Å². The highest BCUT2D eigenvalue weighted by atomic mass is 79.9. The van der Waals surface area contributed by atoms with Crippen molar-refractivity contribution in [2.75, 3.05) is 0 Å². The average Bonchev–Trinajstić information content (AvgIpc) is 1.94. The van der Waals surface area contributed by atoms with Crippen molar-refractivity contribution in [3.8, 4) is 0 Å². The number of aromatic nitrogens is 1. The number of hydrogen-bond donors (Lipinski definition) is 1. The maximum Gasteiger partial charge on any atom is 0.0942 e. The summed E-state index contributed by atoms with van der Waals surface area (Å²) in [6.45, 7) is 0.406. The molecule has 0 radical (unpaired) electrons. The Kier molecular flexibility index (Phi) is 5.41. The van der Waals surface area contributed by atoms with E-state index in [0.29, 0.717) is 6.61 Å². The van der Waals surface area contributed by atoms with Crippen LogP contribution in [0.2, 0.25) is 0 Å². The van der Waals surface area contributed by atoms with E-state index in [-0.39, 0.29) is 12.4 Å². The Morgan fingerprint density at radius 3 is 2.91 bits per heavy atom. The monoisotopic (exact) mass is 238 g/mol. The first-order valence-electron chi connectivity index (χ1n) is 2.74. The van der Waals surface area contributed by atoms with Gasteiger partial charge in [0.05, 0.1) is 6.61 Å². The summed E-state index contributed by atoms with van der Waals surface area (Å²) in [7, 11) is 0. The van der Waals surface area contributed by atoms with E-state index >= 15 is 0 Å². The highest BCUT2D eigenvalue weighted by molar-refractivity contribution is 9.10. The molecule has 1 aromatic heterocycles. The zero-order valence-corrected chi connectivity index (χ0v) is 8.06. The molecule has 2 N–H and O–H groups in total. The average molecular weight is 239 g/mol. The van der Waals surface area contributed by atoms with Gasteiger partial charge in [-0.05, 0) is 27.6 Å². The molecule has 1 aromatic rings. The van der Waals surface area contributed by atoms with E-state index in [1.165, 1.54) is 0 Å². The van der Waals surface area contributed by atoms with E-state index < -0.39 is 0 Å². The molecule has 0 saturated carbocycles. The first kappa shape index (κ1) is 10.8. The van der Waals surface area contributed by atoms with Gasteiger partial charge in [-0.3, -0.25) is 9.82 Å². The lowest BCUT2D eigenvalue weighted by atomic mass is 10.3.